The minimum absolute atomic E-state index is 0.0795. The summed E-state index contributed by atoms with van der Waals surface area (Å²) in [6.07, 6.45) is 0. The van der Waals surface area contributed by atoms with Crippen molar-refractivity contribution in [3.8, 4) is 0 Å². The van der Waals surface area contributed by atoms with Crippen LogP contribution < -0.4 is 5.46 Å². The van der Waals surface area contributed by atoms with Gasteiger partial charge in [-0.05, 0) is 5.46 Å². The van der Waals surface area contributed by atoms with Crippen molar-refractivity contribution in [3.05, 3.63) is 30.3 Å². The Morgan fingerprint density at radius 3 is 2.50 bits per heavy atom. The molecule has 1 aromatic carbocycles. The van der Waals surface area contributed by atoms with Crippen LogP contribution in [0.3, 0.4) is 0 Å². The van der Waals surface area contributed by atoms with Crippen molar-refractivity contribution in [3.63, 3.8) is 0 Å². The molecule has 1 rings (SSSR count). The van der Waals surface area contributed by atoms with Gasteiger partial charge in [-0.3, -0.25) is 0 Å². The van der Waals surface area contributed by atoms with Crippen molar-refractivity contribution < 1.29 is 14.8 Å². The highest BCUT2D eigenvalue weighted by Gasteiger charge is 2.14. The molecular formula is C8H11BO3. The second kappa shape index (κ2) is 4.93. The van der Waals surface area contributed by atoms with Crippen LogP contribution in [0.15, 0.2) is 30.3 Å². The van der Waals surface area contributed by atoms with Gasteiger partial charge in [0.2, 0.25) is 0 Å². The Morgan fingerprint density at radius 2 is 1.92 bits per heavy atom. The number of hydrogen-bond donors (Lipinski definition) is 2. The number of benzene rings is 1. The quantitative estimate of drug-likeness (QED) is 0.586. The maximum Gasteiger partial charge on any atom is 0.491 e. The molecule has 1 aromatic rings. The molecule has 64 valence electrons. The molecule has 4 heteroatoms. The highest BCUT2D eigenvalue weighted by molar-refractivity contribution is 6.59. The molecule has 0 aliphatic heterocycles. The summed E-state index contributed by atoms with van der Waals surface area (Å²) in [7, 11) is -0.932. The lowest BCUT2D eigenvalue weighted by molar-refractivity contribution is 0.183. The van der Waals surface area contributed by atoms with E-state index in [0.717, 1.165) is 0 Å². The Hall–Kier alpha value is -0.835. The molecule has 0 spiro atoms. The second-order valence-corrected chi connectivity index (χ2v) is 2.36. The highest BCUT2D eigenvalue weighted by Crippen LogP contribution is 1.87. The topological polar surface area (TPSA) is 49.7 Å². The van der Waals surface area contributed by atoms with E-state index >= 15 is 0 Å². The largest absolute Gasteiger partial charge is 0.491 e. The van der Waals surface area contributed by atoms with Gasteiger partial charge in [0, 0.05) is 0 Å². The third-order valence-corrected chi connectivity index (χ3v) is 1.45. The summed E-state index contributed by atoms with van der Waals surface area (Å²) in [6.45, 7) is 0.0694. The number of aliphatic hydroxyl groups is 1. The first-order valence-corrected chi connectivity index (χ1v) is 3.80. The van der Waals surface area contributed by atoms with Gasteiger partial charge in [-0.25, -0.2) is 0 Å². The molecule has 0 aliphatic rings. The van der Waals surface area contributed by atoms with Crippen LogP contribution in [0.2, 0.25) is 0 Å². The lowest BCUT2D eigenvalue weighted by Crippen LogP contribution is -2.34. The molecule has 0 fully saturated rings. The van der Waals surface area contributed by atoms with E-state index < -0.39 is 7.12 Å². The first kappa shape index (κ1) is 9.25. The molecule has 0 saturated carbocycles. The first-order chi connectivity index (χ1) is 5.84. The van der Waals surface area contributed by atoms with Crippen LogP contribution in [0.5, 0.6) is 0 Å². The Bertz CT molecular complexity index is 215. The van der Waals surface area contributed by atoms with E-state index in [1.165, 1.54) is 0 Å². The summed E-state index contributed by atoms with van der Waals surface area (Å²) < 4.78 is 4.88. The van der Waals surface area contributed by atoms with E-state index in [2.05, 4.69) is 0 Å². The van der Waals surface area contributed by atoms with E-state index in [1.807, 2.05) is 18.2 Å². The van der Waals surface area contributed by atoms with Crippen molar-refractivity contribution in [2.45, 2.75) is 0 Å². The van der Waals surface area contributed by atoms with E-state index in [-0.39, 0.29) is 13.2 Å². The van der Waals surface area contributed by atoms with E-state index in [4.69, 9.17) is 9.76 Å². The van der Waals surface area contributed by atoms with Crippen molar-refractivity contribution in [2.24, 2.45) is 0 Å². The Balaban J connectivity index is 2.48. The number of aliphatic hydroxyl groups excluding tert-OH is 1. The fourth-order valence-electron chi connectivity index (χ4n) is 0.878. The van der Waals surface area contributed by atoms with Gasteiger partial charge in [-0.15, -0.1) is 0 Å². The summed E-state index contributed by atoms with van der Waals surface area (Å²) in [4.78, 5) is 0. The molecule has 2 N–H and O–H groups in total. The van der Waals surface area contributed by atoms with Gasteiger partial charge in [0.1, 0.15) is 0 Å². The van der Waals surface area contributed by atoms with Crippen molar-refractivity contribution >= 4 is 12.6 Å². The third-order valence-electron chi connectivity index (χ3n) is 1.45. The van der Waals surface area contributed by atoms with Gasteiger partial charge >= 0.3 is 7.12 Å². The minimum Gasteiger partial charge on any atom is -0.423 e. The zero-order valence-electron chi connectivity index (χ0n) is 6.68. The van der Waals surface area contributed by atoms with Crippen LogP contribution in [0.1, 0.15) is 0 Å². The van der Waals surface area contributed by atoms with Crippen LogP contribution >= 0.6 is 0 Å². The van der Waals surface area contributed by atoms with Gasteiger partial charge < -0.3 is 14.8 Å². The van der Waals surface area contributed by atoms with Crippen LogP contribution in [-0.2, 0) is 4.65 Å². The molecule has 0 aromatic heterocycles. The van der Waals surface area contributed by atoms with Gasteiger partial charge in [0.05, 0.1) is 13.2 Å². The molecule has 3 nitrogen and oxygen atoms in total. The lowest BCUT2D eigenvalue weighted by atomic mass is 9.80. The van der Waals surface area contributed by atoms with Crippen LogP contribution in [0.25, 0.3) is 0 Å². The molecule has 0 saturated heterocycles. The first-order valence-electron chi connectivity index (χ1n) is 3.80. The number of rotatable bonds is 4. The molecule has 0 amide bonds. The van der Waals surface area contributed by atoms with Crippen LogP contribution in [-0.4, -0.2) is 30.5 Å². The second-order valence-electron chi connectivity index (χ2n) is 2.36. The zero-order chi connectivity index (χ0) is 8.81. The zero-order valence-corrected chi connectivity index (χ0v) is 6.68. The fourth-order valence-corrected chi connectivity index (χ4v) is 0.878. The predicted octanol–water partition coefficient (Wildman–Crippen LogP) is -0.617. The molecular weight excluding hydrogens is 155 g/mol. The highest BCUT2D eigenvalue weighted by atomic mass is 16.5. The lowest BCUT2D eigenvalue weighted by Gasteiger charge is -2.05. The molecule has 0 aliphatic carbocycles. The third kappa shape index (κ3) is 2.66. The van der Waals surface area contributed by atoms with Crippen molar-refractivity contribution in [1.82, 2.24) is 0 Å². The molecule has 12 heavy (non-hydrogen) atoms. The average Bonchev–Trinajstić information content (AvgIpc) is 2.15. The molecule has 0 bridgehead atoms. The summed E-state index contributed by atoms with van der Waals surface area (Å²) in [6, 6.07) is 9.04. The van der Waals surface area contributed by atoms with Crippen LogP contribution in [0, 0.1) is 0 Å². The molecule has 0 atom stereocenters. The van der Waals surface area contributed by atoms with Crippen LogP contribution in [0.4, 0.5) is 0 Å². The molecule has 0 radical (unpaired) electrons. The van der Waals surface area contributed by atoms with Gasteiger partial charge in [-0.2, -0.15) is 0 Å². The normalized spacial score (nSPS) is 9.83. The van der Waals surface area contributed by atoms with E-state index in [1.54, 1.807) is 12.1 Å². The Labute approximate surface area is 71.8 Å². The van der Waals surface area contributed by atoms with Gasteiger partial charge in [-0.1, -0.05) is 30.3 Å². The summed E-state index contributed by atoms with van der Waals surface area (Å²) in [5, 5.41) is 17.7. The minimum atomic E-state index is -0.932. The van der Waals surface area contributed by atoms with E-state index in [0.29, 0.717) is 5.46 Å². The van der Waals surface area contributed by atoms with Crippen molar-refractivity contribution in [1.29, 1.82) is 0 Å². The predicted molar refractivity (Wildman–Crippen MR) is 47.1 cm³/mol. The SMILES string of the molecule is OCCOB(O)c1ccccc1. The summed E-state index contributed by atoms with van der Waals surface area (Å²) in [5.74, 6) is 0. The fraction of sp³-hybridized carbons (Fsp3) is 0.250. The van der Waals surface area contributed by atoms with Crippen molar-refractivity contribution in [2.75, 3.05) is 13.2 Å². The smallest absolute Gasteiger partial charge is 0.423 e. The van der Waals surface area contributed by atoms with E-state index in [9.17, 15) is 5.02 Å². The summed E-state index contributed by atoms with van der Waals surface area (Å²) >= 11 is 0. The Morgan fingerprint density at radius 1 is 1.25 bits per heavy atom. The molecule has 0 heterocycles. The standard InChI is InChI=1S/C8H11BO3/c10-6-7-12-9(11)8-4-2-1-3-5-8/h1-5,10-11H,6-7H2. The number of hydrogen-bond acceptors (Lipinski definition) is 3. The average molecular weight is 166 g/mol. The summed E-state index contributed by atoms with van der Waals surface area (Å²) in [5.41, 5.74) is 0.700. The van der Waals surface area contributed by atoms with Gasteiger partial charge in [0.25, 0.3) is 0 Å². The maximum atomic E-state index is 9.32. The van der Waals surface area contributed by atoms with Gasteiger partial charge in [0.15, 0.2) is 0 Å². The Kier molecular flexibility index (Phi) is 3.80. The maximum absolute atomic E-state index is 9.32. The molecule has 0 unspecified atom stereocenters. The monoisotopic (exact) mass is 166 g/mol.